The monoisotopic (exact) mass is 247 g/mol. The van der Waals surface area contributed by atoms with E-state index in [0.717, 1.165) is 12.1 Å². The smallest absolute Gasteiger partial charge is 0.303 e. The average Bonchev–Trinajstić information content (AvgIpc) is 2.33. The third kappa shape index (κ3) is 4.42. The lowest BCUT2D eigenvalue weighted by Crippen LogP contribution is -2.17. The van der Waals surface area contributed by atoms with Gasteiger partial charge >= 0.3 is 5.97 Å². The Labute approximate surface area is 106 Å². The number of aromatic nitrogens is 1. The minimum atomic E-state index is -0.793. The van der Waals surface area contributed by atoms with Crippen LogP contribution in [0.1, 0.15) is 31.0 Å². The van der Waals surface area contributed by atoms with Crippen molar-refractivity contribution in [2.24, 2.45) is 5.92 Å². The van der Waals surface area contributed by atoms with Gasteiger partial charge in [-0.3, -0.25) is 4.79 Å². The first-order chi connectivity index (χ1) is 8.55. The summed E-state index contributed by atoms with van der Waals surface area (Å²) in [5.41, 5.74) is 1.32. The number of aliphatic carboxylic acids is 1. The molecule has 1 unspecified atom stereocenters. The highest BCUT2D eigenvalue weighted by Crippen LogP contribution is 2.13. The molecule has 0 bridgehead atoms. The molecule has 5 heteroatoms. The van der Waals surface area contributed by atoms with Crippen LogP contribution >= 0.6 is 0 Å². The number of carboxylic acid groups (broad SMARTS) is 1. The molecular weight excluding hydrogens is 230 g/mol. The van der Waals surface area contributed by atoms with E-state index in [9.17, 15) is 4.79 Å². The number of nitrogens with one attached hydrogen (secondary N) is 1. The van der Waals surface area contributed by atoms with Crippen molar-refractivity contribution in [1.29, 1.82) is 5.26 Å². The molecule has 0 aromatic carbocycles. The molecule has 1 rings (SSSR count). The van der Waals surface area contributed by atoms with Crippen LogP contribution in [0.4, 0.5) is 5.82 Å². The van der Waals surface area contributed by atoms with E-state index in [1.54, 1.807) is 12.1 Å². The highest BCUT2D eigenvalue weighted by Gasteiger charge is 2.11. The number of nitriles is 1. The van der Waals surface area contributed by atoms with Crippen LogP contribution in [0.3, 0.4) is 0 Å². The fourth-order valence-corrected chi connectivity index (χ4v) is 1.68. The van der Waals surface area contributed by atoms with E-state index in [1.165, 1.54) is 0 Å². The second-order valence-corrected chi connectivity index (χ2v) is 4.25. The van der Waals surface area contributed by atoms with Crippen molar-refractivity contribution in [3.05, 3.63) is 23.4 Å². The van der Waals surface area contributed by atoms with Crippen molar-refractivity contribution in [3.8, 4) is 6.07 Å². The first-order valence-electron chi connectivity index (χ1n) is 5.89. The Morgan fingerprint density at radius 2 is 2.33 bits per heavy atom. The zero-order chi connectivity index (χ0) is 13.5. The van der Waals surface area contributed by atoms with Gasteiger partial charge in [-0.1, -0.05) is 13.3 Å². The topological polar surface area (TPSA) is 86.0 Å². The number of aryl methyl sites for hydroxylation is 1. The van der Waals surface area contributed by atoms with E-state index >= 15 is 0 Å². The SMILES string of the molecule is CCC(CNc1cc(C#N)cc(C)n1)CC(=O)O. The number of anilines is 1. The van der Waals surface area contributed by atoms with Crippen LogP contribution < -0.4 is 5.32 Å². The van der Waals surface area contributed by atoms with Crippen molar-refractivity contribution >= 4 is 11.8 Å². The Morgan fingerprint density at radius 3 is 2.89 bits per heavy atom. The Kier molecular flexibility index (Phi) is 5.12. The summed E-state index contributed by atoms with van der Waals surface area (Å²) in [7, 11) is 0. The van der Waals surface area contributed by atoms with Gasteiger partial charge in [0.15, 0.2) is 0 Å². The van der Waals surface area contributed by atoms with Crippen molar-refractivity contribution < 1.29 is 9.90 Å². The first kappa shape index (κ1) is 14.0. The predicted octanol–water partition coefficient (Wildman–Crippen LogP) is 2.17. The molecule has 0 amide bonds. The van der Waals surface area contributed by atoms with Crippen molar-refractivity contribution in [1.82, 2.24) is 4.98 Å². The zero-order valence-corrected chi connectivity index (χ0v) is 10.6. The van der Waals surface area contributed by atoms with Crippen LogP contribution in [-0.2, 0) is 4.79 Å². The van der Waals surface area contributed by atoms with E-state index in [1.807, 2.05) is 13.8 Å². The van der Waals surface area contributed by atoms with Crippen molar-refractivity contribution in [2.45, 2.75) is 26.7 Å². The molecule has 0 radical (unpaired) electrons. The van der Waals surface area contributed by atoms with Gasteiger partial charge in [-0.2, -0.15) is 5.26 Å². The van der Waals surface area contributed by atoms with Gasteiger partial charge in [0.1, 0.15) is 5.82 Å². The van der Waals surface area contributed by atoms with Gasteiger partial charge in [0, 0.05) is 18.7 Å². The summed E-state index contributed by atoms with van der Waals surface area (Å²) in [5, 5.41) is 20.7. The minimum Gasteiger partial charge on any atom is -0.481 e. The van der Waals surface area contributed by atoms with Gasteiger partial charge in [0.2, 0.25) is 0 Å². The highest BCUT2D eigenvalue weighted by molar-refractivity contribution is 5.67. The number of carbonyl (C=O) groups is 1. The third-order valence-electron chi connectivity index (χ3n) is 2.70. The molecule has 0 fully saturated rings. The maximum Gasteiger partial charge on any atom is 0.303 e. The minimum absolute atomic E-state index is 0.0651. The number of pyridine rings is 1. The summed E-state index contributed by atoms with van der Waals surface area (Å²) in [6.45, 7) is 4.32. The van der Waals surface area contributed by atoms with E-state index in [2.05, 4.69) is 16.4 Å². The lowest BCUT2D eigenvalue weighted by Gasteiger charge is -2.14. The number of hydrogen-bond donors (Lipinski definition) is 2. The number of carboxylic acids is 1. The lowest BCUT2D eigenvalue weighted by molar-refractivity contribution is -0.138. The lowest BCUT2D eigenvalue weighted by atomic mass is 10.0. The molecule has 0 spiro atoms. The summed E-state index contributed by atoms with van der Waals surface area (Å²) in [6, 6.07) is 5.44. The van der Waals surface area contributed by atoms with Crippen LogP contribution in [-0.4, -0.2) is 22.6 Å². The second-order valence-electron chi connectivity index (χ2n) is 4.25. The predicted molar refractivity (Wildman–Crippen MR) is 68.2 cm³/mol. The molecule has 96 valence electrons. The van der Waals surface area contributed by atoms with Gasteiger partial charge in [0.25, 0.3) is 0 Å². The summed E-state index contributed by atoms with van der Waals surface area (Å²) < 4.78 is 0. The Hall–Kier alpha value is -2.09. The van der Waals surface area contributed by atoms with Crippen LogP contribution in [0, 0.1) is 24.2 Å². The van der Waals surface area contributed by atoms with Crippen molar-refractivity contribution in [3.63, 3.8) is 0 Å². The molecule has 1 atom stereocenters. The zero-order valence-electron chi connectivity index (χ0n) is 10.6. The maximum absolute atomic E-state index is 10.6. The van der Waals surface area contributed by atoms with Crippen LogP contribution in [0.25, 0.3) is 0 Å². The van der Waals surface area contributed by atoms with E-state index in [-0.39, 0.29) is 12.3 Å². The fraction of sp³-hybridized carbons (Fsp3) is 0.462. The molecule has 0 saturated carbocycles. The van der Waals surface area contributed by atoms with E-state index in [0.29, 0.717) is 17.9 Å². The summed E-state index contributed by atoms with van der Waals surface area (Å²) in [6.07, 6.45) is 0.927. The molecule has 0 aliphatic rings. The van der Waals surface area contributed by atoms with Gasteiger partial charge in [-0.05, 0) is 25.0 Å². The van der Waals surface area contributed by atoms with Gasteiger partial charge < -0.3 is 10.4 Å². The molecule has 0 saturated heterocycles. The maximum atomic E-state index is 10.6. The molecule has 0 aliphatic heterocycles. The quantitative estimate of drug-likeness (QED) is 0.804. The molecule has 18 heavy (non-hydrogen) atoms. The normalized spacial score (nSPS) is 11.6. The summed E-state index contributed by atoms with van der Waals surface area (Å²) in [5.74, 6) is -0.107. The molecule has 0 aliphatic carbocycles. The third-order valence-corrected chi connectivity index (χ3v) is 2.70. The Bertz CT molecular complexity index is 466. The van der Waals surface area contributed by atoms with Crippen LogP contribution in [0.15, 0.2) is 12.1 Å². The average molecular weight is 247 g/mol. The highest BCUT2D eigenvalue weighted by atomic mass is 16.4. The fourth-order valence-electron chi connectivity index (χ4n) is 1.68. The molecule has 5 nitrogen and oxygen atoms in total. The van der Waals surface area contributed by atoms with Crippen LogP contribution in [0.2, 0.25) is 0 Å². The van der Waals surface area contributed by atoms with Gasteiger partial charge in [-0.15, -0.1) is 0 Å². The molecular formula is C13H17N3O2. The van der Waals surface area contributed by atoms with Crippen LogP contribution in [0.5, 0.6) is 0 Å². The van der Waals surface area contributed by atoms with Gasteiger partial charge in [-0.25, -0.2) is 4.98 Å². The largest absolute Gasteiger partial charge is 0.481 e. The van der Waals surface area contributed by atoms with E-state index < -0.39 is 5.97 Å². The first-order valence-corrected chi connectivity index (χ1v) is 5.89. The van der Waals surface area contributed by atoms with E-state index in [4.69, 9.17) is 10.4 Å². The van der Waals surface area contributed by atoms with Crippen molar-refractivity contribution in [2.75, 3.05) is 11.9 Å². The standard InChI is InChI=1S/C13H17N3O2/c1-3-10(6-13(17)18)8-15-12-5-11(7-14)4-9(2)16-12/h4-5,10H,3,6,8H2,1-2H3,(H,15,16)(H,17,18). The molecule has 1 heterocycles. The number of nitrogens with zero attached hydrogens (tertiary/aromatic N) is 2. The van der Waals surface area contributed by atoms with Gasteiger partial charge in [0.05, 0.1) is 11.6 Å². The Balaban J connectivity index is 2.65. The second kappa shape index (κ2) is 6.60. The number of hydrogen-bond acceptors (Lipinski definition) is 4. The summed E-state index contributed by atoms with van der Waals surface area (Å²) in [4.78, 5) is 14.9. The molecule has 1 aromatic rings. The number of rotatable bonds is 6. The molecule has 2 N–H and O–H groups in total. The molecule has 1 aromatic heterocycles. The Morgan fingerprint density at radius 1 is 1.61 bits per heavy atom. The summed E-state index contributed by atoms with van der Waals surface area (Å²) >= 11 is 0.